The Balaban J connectivity index is 2.19. The van der Waals surface area contributed by atoms with E-state index in [1.54, 1.807) is 0 Å². The van der Waals surface area contributed by atoms with Crippen LogP contribution in [-0.4, -0.2) is 17.4 Å². The lowest BCUT2D eigenvalue weighted by Gasteiger charge is -2.21. The molecule has 0 radical (unpaired) electrons. The Morgan fingerprint density at radius 1 is 1.69 bits per heavy atom. The first-order chi connectivity index (χ1) is 7.76. The highest BCUT2D eigenvalue weighted by Crippen LogP contribution is 2.33. The third-order valence-electron chi connectivity index (χ3n) is 3.07. The molecule has 1 aliphatic rings. The van der Waals surface area contributed by atoms with E-state index in [1.807, 2.05) is 17.0 Å². The van der Waals surface area contributed by atoms with Gasteiger partial charge in [-0.15, -0.1) is 0 Å². The molecule has 86 valence electrons. The minimum Gasteiger partial charge on any atom is -0.464 e. The second kappa shape index (κ2) is 4.56. The molecule has 2 rings (SSSR count). The molecule has 1 fully saturated rings. The minimum atomic E-state index is -0.00283. The van der Waals surface area contributed by atoms with Gasteiger partial charge in [-0.25, -0.2) is 0 Å². The van der Waals surface area contributed by atoms with Crippen molar-refractivity contribution in [3.05, 3.63) is 36.3 Å². The van der Waals surface area contributed by atoms with Crippen molar-refractivity contribution in [3.8, 4) is 0 Å². The molecule has 0 aliphatic carbocycles. The van der Waals surface area contributed by atoms with E-state index < -0.39 is 0 Å². The number of hydrogen-bond donors (Lipinski definition) is 0. The highest BCUT2D eigenvalue weighted by Gasteiger charge is 2.30. The van der Waals surface area contributed by atoms with Crippen LogP contribution in [-0.2, 0) is 11.2 Å². The second-order valence-electron chi connectivity index (χ2n) is 4.05. The maximum Gasteiger partial charge on any atom is 0.246 e. The Kier molecular flexibility index (Phi) is 3.13. The zero-order valence-electron chi connectivity index (χ0n) is 9.61. The summed E-state index contributed by atoms with van der Waals surface area (Å²) in [6, 6.07) is 4.08. The van der Waals surface area contributed by atoms with E-state index in [4.69, 9.17) is 4.42 Å². The van der Waals surface area contributed by atoms with Gasteiger partial charge in [0.15, 0.2) is 0 Å². The lowest BCUT2D eigenvalue weighted by atomic mass is 10.1. The van der Waals surface area contributed by atoms with Gasteiger partial charge in [-0.05, 0) is 31.1 Å². The summed E-state index contributed by atoms with van der Waals surface area (Å²) in [5, 5.41) is 0. The molecular weight excluding hydrogens is 202 g/mol. The number of nitrogens with zero attached hydrogens (tertiary/aromatic N) is 1. The summed E-state index contributed by atoms with van der Waals surface area (Å²) in [4.78, 5) is 13.5. The summed E-state index contributed by atoms with van der Waals surface area (Å²) in [7, 11) is 0. The van der Waals surface area contributed by atoms with Gasteiger partial charge in [-0.1, -0.05) is 13.5 Å². The summed E-state index contributed by atoms with van der Waals surface area (Å²) in [5.41, 5.74) is 0. The van der Waals surface area contributed by atoms with Gasteiger partial charge in [0.05, 0.1) is 6.04 Å². The van der Waals surface area contributed by atoms with Crippen LogP contribution in [0.4, 0.5) is 0 Å². The van der Waals surface area contributed by atoms with Gasteiger partial charge in [0.1, 0.15) is 11.5 Å². The van der Waals surface area contributed by atoms with Crippen LogP contribution in [0.25, 0.3) is 0 Å². The molecule has 1 saturated heterocycles. The van der Waals surface area contributed by atoms with Crippen molar-refractivity contribution in [2.24, 2.45) is 0 Å². The Labute approximate surface area is 95.7 Å². The van der Waals surface area contributed by atoms with Crippen LogP contribution in [0, 0.1) is 0 Å². The molecule has 1 aromatic heterocycles. The van der Waals surface area contributed by atoms with Crippen molar-refractivity contribution in [2.45, 2.75) is 32.2 Å². The van der Waals surface area contributed by atoms with Gasteiger partial charge in [0.25, 0.3) is 0 Å². The van der Waals surface area contributed by atoms with Crippen LogP contribution >= 0.6 is 0 Å². The van der Waals surface area contributed by atoms with Crippen molar-refractivity contribution in [2.75, 3.05) is 6.54 Å². The number of carbonyl (C=O) groups excluding carboxylic acids is 1. The normalized spacial score (nSPS) is 20.1. The van der Waals surface area contributed by atoms with Crippen molar-refractivity contribution in [1.29, 1.82) is 0 Å². The highest BCUT2D eigenvalue weighted by molar-refractivity contribution is 5.87. The van der Waals surface area contributed by atoms with E-state index in [2.05, 4.69) is 13.5 Å². The first-order valence-corrected chi connectivity index (χ1v) is 5.78. The molecule has 0 saturated carbocycles. The number of aryl methyl sites for hydroxylation is 1. The van der Waals surface area contributed by atoms with E-state index in [9.17, 15) is 4.79 Å². The SMILES string of the molecule is C=CC(=O)N1CCCC1c1ccc(CC)o1. The predicted molar refractivity (Wildman–Crippen MR) is 62.0 cm³/mol. The van der Waals surface area contributed by atoms with E-state index in [0.29, 0.717) is 0 Å². The second-order valence-corrected chi connectivity index (χ2v) is 4.05. The van der Waals surface area contributed by atoms with E-state index in [1.165, 1.54) is 6.08 Å². The number of likely N-dealkylation sites (tertiary alicyclic amines) is 1. The molecule has 1 aromatic rings. The van der Waals surface area contributed by atoms with Crippen LogP contribution < -0.4 is 0 Å². The lowest BCUT2D eigenvalue weighted by Crippen LogP contribution is -2.28. The first-order valence-electron chi connectivity index (χ1n) is 5.78. The fourth-order valence-electron chi connectivity index (χ4n) is 2.21. The summed E-state index contributed by atoms with van der Waals surface area (Å²) < 4.78 is 5.71. The average molecular weight is 219 g/mol. The molecule has 1 unspecified atom stereocenters. The van der Waals surface area contributed by atoms with E-state index in [0.717, 1.165) is 37.3 Å². The predicted octanol–water partition coefficient (Wildman–Crippen LogP) is 2.69. The number of rotatable bonds is 3. The maximum atomic E-state index is 11.6. The zero-order chi connectivity index (χ0) is 11.5. The van der Waals surface area contributed by atoms with Crippen LogP contribution in [0.1, 0.15) is 37.3 Å². The summed E-state index contributed by atoms with van der Waals surface area (Å²) >= 11 is 0. The van der Waals surface area contributed by atoms with Crippen LogP contribution in [0.5, 0.6) is 0 Å². The summed E-state index contributed by atoms with van der Waals surface area (Å²) in [5.74, 6) is 1.88. The molecular formula is C13H17NO2. The Bertz CT molecular complexity index is 394. The van der Waals surface area contributed by atoms with Gasteiger partial charge >= 0.3 is 0 Å². The molecule has 0 aromatic carbocycles. The molecule has 1 aliphatic heterocycles. The zero-order valence-corrected chi connectivity index (χ0v) is 9.61. The Morgan fingerprint density at radius 3 is 3.12 bits per heavy atom. The molecule has 16 heavy (non-hydrogen) atoms. The number of amides is 1. The van der Waals surface area contributed by atoms with Gasteiger partial charge < -0.3 is 9.32 Å². The fraction of sp³-hybridized carbons (Fsp3) is 0.462. The highest BCUT2D eigenvalue weighted by atomic mass is 16.3. The first kappa shape index (κ1) is 11.0. The maximum absolute atomic E-state index is 11.6. The van der Waals surface area contributed by atoms with Gasteiger partial charge in [0, 0.05) is 13.0 Å². The molecule has 0 N–H and O–H groups in total. The number of carbonyl (C=O) groups is 1. The van der Waals surface area contributed by atoms with Crippen LogP contribution in [0.2, 0.25) is 0 Å². The number of hydrogen-bond acceptors (Lipinski definition) is 2. The van der Waals surface area contributed by atoms with Crippen molar-refractivity contribution in [3.63, 3.8) is 0 Å². The van der Waals surface area contributed by atoms with Crippen molar-refractivity contribution < 1.29 is 9.21 Å². The largest absolute Gasteiger partial charge is 0.464 e. The van der Waals surface area contributed by atoms with Gasteiger partial charge in [-0.3, -0.25) is 4.79 Å². The molecule has 3 heteroatoms. The van der Waals surface area contributed by atoms with E-state index in [-0.39, 0.29) is 11.9 Å². The number of furan rings is 1. The fourth-order valence-corrected chi connectivity index (χ4v) is 2.21. The van der Waals surface area contributed by atoms with Crippen molar-refractivity contribution in [1.82, 2.24) is 4.90 Å². The Hall–Kier alpha value is -1.51. The molecule has 1 amide bonds. The molecule has 3 nitrogen and oxygen atoms in total. The van der Waals surface area contributed by atoms with Crippen LogP contribution in [0.15, 0.2) is 29.2 Å². The van der Waals surface area contributed by atoms with E-state index >= 15 is 0 Å². The van der Waals surface area contributed by atoms with Crippen molar-refractivity contribution >= 4 is 5.91 Å². The van der Waals surface area contributed by atoms with Gasteiger partial charge in [0.2, 0.25) is 5.91 Å². The standard InChI is InChI=1S/C13H17NO2/c1-3-10-7-8-12(16-10)11-6-5-9-14(11)13(15)4-2/h4,7-8,11H,2-3,5-6,9H2,1H3. The smallest absolute Gasteiger partial charge is 0.246 e. The topological polar surface area (TPSA) is 33.5 Å². The van der Waals surface area contributed by atoms with Crippen LogP contribution in [0.3, 0.4) is 0 Å². The molecule has 0 spiro atoms. The quantitative estimate of drug-likeness (QED) is 0.732. The third-order valence-corrected chi connectivity index (χ3v) is 3.07. The third kappa shape index (κ3) is 1.90. The monoisotopic (exact) mass is 219 g/mol. The molecule has 2 heterocycles. The van der Waals surface area contributed by atoms with Gasteiger partial charge in [-0.2, -0.15) is 0 Å². The molecule has 0 bridgehead atoms. The minimum absolute atomic E-state index is 0.00283. The summed E-state index contributed by atoms with van der Waals surface area (Å²) in [6.45, 7) is 6.40. The average Bonchev–Trinajstić information content (AvgIpc) is 2.95. The summed E-state index contributed by atoms with van der Waals surface area (Å²) in [6.07, 6.45) is 4.28. The Morgan fingerprint density at radius 2 is 2.50 bits per heavy atom. The lowest BCUT2D eigenvalue weighted by molar-refractivity contribution is -0.127. The molecule has 1 atom stereocenters.